The number of carbonyl (C=O) groups excluding carboxylic acids is 2. The first-order chi connectivity index (χ1) is 23.8. The lowest BCUT2D eigenvalue weighted by atomic mass is 10.0. The number of benzene rings is 4. The Morgan fingerprint density at radius 1 is 0.860 bits per heavy atom. The molecule has 4 aromatic carbocycles. The number of methoxy groups -OCH3 is 2. The van der Waals surface area contributed by atoms with Crippen molar-refractivity contribution in [2.75, 3.05) is 31.7 Å². The molecule has 0 fully saturated rings. The van der Waals surface area contributed by atoms with Gasteiger partial charge in [0.2, 0.25) is 11.8 Å². The van der Waals surface area contributed by atoms with E-state index in [-0.39, 0.29) is 29.3 Å². The Morgan fingerprint density at radius 3 is 2.10 bits per heavy atom. The van der Waals surface area contributed by atoms with Gasteiger partial charge in [-0.2, -0.15) is 0 Å². The quantitative estimate of drug-likeness (QED) is 0.149. The van der Waals surface area contributed by atoms with Gasteiger partial charge in [0.15, 0.2) is 11.5 Å². The number of rotatable bonds is 15. The molecule has 10 nitrogen and oxygen atoms in total. The maximum atomic E-state index is 14.7. The van der Waals surface area contributed by atoms with Gasteiger partial charge < -0.3 is 24.4 Å². The predicted octanol–water partition coefficient (Wildman–Crippen LogP) is 6.51. The third-order valence-corrected chi connectivity index (χ3v) is 9.86. The molecular formula is C38H44ClN3O7S. The monoisotopic (exact) mass is 721 g/mol. The summed E-state index contributed by atoms with van der Waals surface area (Å²) in [5.41, 5.74) is 1.02. The summed E-state index contributed by atoms with van der Waals surface area (Å²) >= 11 is 6.59. The van der Waals surface area contributed by atoms with Crippen molar-refractivity contribution >= 4 is 39.1 Å². The number of carbonyl (C=O) groups is 2. The summed E-state index contributed by atoms with van der Waals surface area (Å²) < 4.78 is 46.3. The Hall–Kier alpha value is -4.74. The van der Waals surface area contributed by atoms with Gasteiger partial charge in [0.25, 0.3) is 10.0 Å². The van der Waals surface area contributed by atoms with Crippen LogP contribution in [0.5, 0.6) is 17.2 Å². The number of anilines is 1. The SMILES string of the molecule is CCOc1ccc(N(CC(=O)N(Cc2ccccc2Cl)[C@@H](Cc2ccccc2)C(=O)NC(C)(C)C)S(=O)(=O)c2ccc(OC)c(OC)c2)cc1. The number of hydrogen-bond acceptors (Lipinski definition) is 7. The van der Waals surface area contributed by atoms with Crippen LogP contribution in [0.15, 0.2) is 102 Å². The number of amides is 2. The zero-order valence-corrected chi connectivity index (χ0v) is 30.8. The number of halogens is 1. The highest BCUT2D eigenvalue weighted by Crippen LogP contribution is 2.33. The molecule has 0 aliphatic carbocycles. The number of hydrogen-bond donors (Lipinski definition) is 1. The second kappa shape index (κ2) is 16.8. The molecule has 0 bridgehead atoms. The first-order valence-electron chi connectivity index (χ1n) is 16.1. The smallest absolute Gasteiger partial charge is 0.264 e. The van der Waals surface area contributed by atoms with E-state index in [2.05, 4.69) is 5.32 Å². The Morgan fingerprint density at radius 2 is 1.50 bits per heavy atom. The third-order valence-electron chi connectivity index (χ3n) is 7.73. The van der Waals surface area contributed by atoms with E-state index in [1.165, 1.54) is 37.3 Å². The Kier molecular flexibility index (Phi) is 12.8. The van der Waals surface area contributed by atoms with Gasteiger partial charge in [-0.3, -0.25) is 13.9 Å². The molecule has 0 aromatic heterocycles. The van der Waals surface area contributed by atoms with Crippen molar-refractivity contribution in [2.45, 2.75) is 57.1 Å². The first-order valence-corrected chi connectivity index (χ1v) is 18.0. The zero-order chi connectivity index (χ0) is 36.5. The maximum Gasteiger partial charge on any atom is 0.264 e. The van der Waals surface area contributed by atoms with Crippen LogP contribution in [0.2, 0.25) is 5.02 Å². The molecular weight excluding hydrogens is 678 g/mol. The standard InChI is InChI=1S/C38H44ClN3O7S/c1-7-49-30-19-17-29(18-20-30)42(50(45,46)31-21-22-34(47-5)35(24-31)48-6)26-36(43)41(25-28-15-11-12-16-32(28)39)33(37(44)40-38(2,3)4)23-27-13-9-8-10-14-27/h8-22,24,33H,7,23,25-26H2,1-6H3,(H,40,44)/t33-/m0/s1. The lowest BCUT2D eigenvalue weighted by molar-refractivity contribution is -0.140. The number of nitrogens with one attached hydrogen (secondary N) is 1. The van der Waals surface area contributed by atoms with Gasteiger partial charge in [0.05, 0.1) is 31.4 Å². The van der Waals surface area contributed by atoms with E-state index in [0.717, 1.165) is 9.87 Å². The van der Waals surface area contributed by atoms with Crippen LogP contribution in [0.1, 0.15) is 38.8 Å². The molecule has 0 saturated carbocycles. The molecule has 2 amide bonds. The van der Waals surface area contributed by atoms with Crippen LogP contribution < -0.4 is 23.8 Å². The van der Waals surface area contributed by atoms with E-state index in [1.807, 2.05) is 58.0 Å². The predicted molar refractivity (Wildman–Crippen MR) is 196 cm³/mol. The van der Waals surface area contributed by atoms with E-state index in [9.17, 15) is 18.0 Å². The molecule has 0 heterocycles. The van der Waals surface area contributed by atoms with Crippen molar-refractivity contribution in [1.82, 2.24) is 10.2 Å². The molecule has 4 aromatic rings. The number of ether oxygens (including phenoxy) is 3. The summed E-state index contributed by atoms with van der Waals surface area (Å²) in [5.74, 6) is 0.0708. The fourth-order valence-electron chi connectivity index (χ4n) is 5.33. The summed E-state index contributed by atoms with van der Waals surface area (Å²) in [6, 6.07) is 26.0. The average molecular weight is 722 g/mol. The molecule has 0 unspecified atom stereocenters. The summed E-state index contributed by atoms with van der Waals surface area (Å²) in [4.78, 5) is 30.1. The van der Waals surface area contributed by atoms with Crippen LogP contribution >= 0.6 is 11.6 Å². The third kappa shape index (κ3) is 9.70. The Labute approximate surface area is 300 Å². The van der Waals surface area contributed by atoms with E-state index in [4.69, 9.17) is 25.8 Å². The Balaban J connectivity index is 1.86. The fourth-order valence-corrected chi connectivity index (χ4v) is 6.95. The molecule has 1 N–H and O–H groups in total. The molecule has 0 saturated heterocycles. The topological polar surface area (TPSA) is 114 Å². The Bertz CT molecular complexity index is 1860. The fraction of sp³-hybridized carbons (Fsp3) is 0.316. The highest BCUT2D eigenvalue weighted by molar-refractivity contribution is 7.92. The summed E-state index contributed by atoms with van der Waals surface area (Å²) in [7, 11) is -1.54. The van der Waals surface area contributed by atoms with Crippen molar-refractivity contribution < 1.29 is 32.2 Å². The van der Waals surface area contributed by atoms with Crippen LogP contribution in [-0.4, -0.2) is 64.1 Å². The van der Waals surface area contributed by atoms with Crippen LogP contribution in [0.4, 0.5) is 5.69 Å². The van der Waals surface area contributed by atoms with Gasteiger partial charge in [0.1, 0.15) is 18.3 Å². The molecule has 1 atom stereocenters. The lowest BCUT2D eigenvalue weighted by Crippen LogP contribution is -2.56. The molecule has 4 rings (SSSR count). The van der Waals surface area contributed by atoms with Gasteiger partial charge in [-0.1, -0.05) is 60.1 Å². The minimum Gasteiger partial charge on any atom is -0.494 e. The van der Waals surface area contributed by atoms with Gasteiger partial charge >= 0.3 is 0 Å². The average Bonchev–Trinajstić information content (AvgIpc) is 3.09. The van der Waals surface area contributed by atoms with E-state index in [1.54, 1.807) is 48.5 Å². The summed E-state index contributed by atoms with van der Waals surface area (Å²) in [6.45, 7) is 7.14. The molecule has 0 spiro atoms. The van der Waals surface area contributed by atoms with Gasteiger partial charge in [-0.05, 0) is 81.3 Å². The second-order valence-electron chi connectivity index (χ2n) is 12.5. The van der Waals surface area contributed by atoms with Gasteiger partial charge in [0, 0.05) is 29.6 Å². The van der Waals surface area contributed by atoms with E-state index in [0.29, 0.717) is 28.7 Å². The summed E-state index contributed by atoms with van der Waals surface area (Å²) in [5, 5.41) is 3.42. The van der Waals surface area contributed by atoms with Crippen LogP contribution in [0, 0.1) is 0 Å². The van der Waals surface area contributed by atoms with Crippen molar-refractivity contribution in [2.24, 2.45) is 0 Å². The molecule has 50 heavy (non-hydrogen) atoms. The van der Waals surface area contributed by atoms with Crippen molar-refractivity contribution in [1.29, 1.82) is 0 Å². The van der Waals surface area contributed by atoms with E-state index >= 15 is 0 Å². The lowest BCUT2D eigenvalue weighted by Gasteiger charge is -2.35. The minimum atomic E-state index is -4.40. The van der Waals surface area contributed by atoms with Crippen molar-refractivity contribution in [3.05, 3.63) is 113 Å². The molecule has 0 aliphatic heterocycles. The van der Waals surface area contributed by atoms with Crippen molar-refractivity contribution in [3.63, 3.8) is 0 Å². The van der Waals surface area contributed by atoms with Crippen LogP contribution in [-0.2, 0) is 32.6 Å². The maximum absolute atomic E-state index is 14.7. The summed E-state index contributed by atoms with van der Waals surface area (Å²) in [6.07, 6.45) is 0.171. The first kappa shape index (κ1) is 38.1. The van der Waals surface area contributed by atoms with Gasteiger partial charge in [-0.25, -0.2) is 8.42 Å². The molecule has 0 aliphatic rings. The number of nitrogens with zero attached hydrogens (tertiary/aromatic N) is 2. The second-order valence-corrected chi connectivity index (χ2v) is 14.8. The normalized spacial score (nSPS) is 12.1. The van der Waals surface area contributed by atoms with Gasteiger partial charge in [-0.15, -0.1) is 0 Å². The highest BCUT2D eigenvalue weighted by Gasteiger charge is 2.36. The van der Waals surface area contributed by atoms with Crippen molar-refractivity contribution in [3.8, 4) is 17.2 Å². The molecule has 12 heteroatoms. The molecule has 266 valence electrons. The van der Waals surface area contributed by atoms with Crippen LogP contribution in [0.25, 0.3) is 0 Å². The highest BCUT2D eigenvalue weighted by atomic mass is 35.5. The number of sulfonamides is 1. The van der Waals surface area contributed by atoms with E-state index < -0.39 is 40.0 Å². The minimum absolute atomic E-state index is 0.0545. The molecule has 0 radical (unpaired) electrons. The van der Waals surface area contributed by atoms with Crippen LogP contribution in [0.3, 0.4) is 0 Å². The zero-order valence-electron chi connectivity index (χ0n) is 29.2. The largest absolute Gasteiger partial charge is 0.494 e.